The molecular formula is C15H20N2O4. The van der Waals surface area contributed by atoms with Crippen molar-refractivity contribution in [3.8, 4) is 0 Å². The quantitative estimate of drug-likeness (QED) is 0.621. The lowest BCUT2D eigenvalue weighted by Gasteiger charge is -2.20. The lowest BCUT2D eigenvalue weighted by Crippen LogP contribution is -2.30. The molecule has 6 heteroatoms. The first-order valence-corrected chi connectivity index (χ1v) is 7.20. The Morgan fingerprint density at radius 3 is 2.86 bits per heavy atom. The first-order chi connectivity index (χ1) is 10.0. The zero-order valence-corrected chi connectivity index (χ0v) is 12.0. The molecule has 1 aromatic rings. The van der Waals surface area contributed by atoms with Gasteiger partial charge in [0.1, 0.15) is 0 Å². The molecule has 0 heterocycles. The largest absolute Gasteiger partial charge is 0.481 e. The van der Waals surface area contributed by atoms with E-state index >= 15 is 0 Å². The Kier molecular flexibility index (Phi) is 4.90. The number of nitrogens with one attached hydrogen (secondary N) is 1. The summed E-state index contributed by atoms with van der Waals surface area (Å²) >= 11 is 0. The summed E-state index contributed by atoms with van der Waals surface area (Å²) < 4.78 is 0. The van der Waals surface area contributed by atoms with Crippen LogP contribution >= 0.6 is 0 Å². The highest BCUT2D eigenvalue weighted by molar-refractivity contribution is 5.70. The summed E-state index contributed by atoms with van der Waals surface area (Å²) in [6.07, 6.45) is 2.55. The topological polar surface area (TPSA) is 92.5 Å². The molecule has 21 heavy (non-hydrogen) atoms. The van der Waals surface area contributed by atoms with Crippen molar-refractivity contribution in [3.63, 3.8) is 0 Å². The van der Waals surface area contributed by atoms with E-state index < -0.39 is 5.97 Å². The van der Waals surface area contributed by atoms with Gasteiger partial charge in [-0.1, -0.05) is 24.6 Å². The first-order valence-electron chi connectivity index (χ1n) is 7.20. The van der Waals surface area contributed by atoms with Gasteiger partial charge < -0.3 is 10.4 Å². The number of hydrogen-bond acceptors (Lipinski definition) is 4. The van der Waals surface area contributed by atoms with Crippen molar-refractivity contribution in [3.05, 3.63) is 39.9 Å². The van der Waals surface area contributed by atoms with E-state index in [1.807, 2.05) is 6.92 Å². The number of para-hydroxylation sites is 1. The van der Waals surface area contributed by atoms with Gasteiger partial charge in [0, 0.05) is 17.7 Å². The molecule has 0 amide bonds. The molecule has 3 unspecified atom stereocenters. The molecule has 0 aliphatic heterocycles. The van der Waals surface area contributed by atoms with E-state index in [9.17, 15) is 14.9 Å². The monoisotopic (exact) mass is 292 g/mol. The summed E-state index contributed by atoms with van der Waals surface area (Å²) in [4.78, 5) is 21.8. The third kappa shape index (κ3) is 3.58. The minimum Gasteiger partial charge on any atom is -0.481 e. The molecule has 1 aliphatic rings. The Hall–Kier alpha value is -1.95. The summed E-state index contributed by atoms with van der Waals surface area (Å²) in [5, 5.41) is 23.4. The Bertz CT molecular complexity index is 532. The fraction of sp³-hybridized carbons (Fsp3) is 0.533. The molecule has 2 N–H and O–H groups in total. The predicted octanol–water partition coefficient (Wildman–Crippen LogP) is 2.75. The highest BCUT2D eigenvalue weighted by Gasteiger charge is 2.33. The number of carbonyl (C=O) groups is 1. The van der Waals surface area contributed by atoms with Gasteiger partial charge in [0.25, 0.3) is 5.69 Å². The maximum Gasteiger partial charge on any atom is 0.306 e. The second-order valence-corrected chi connectivity index (χ2v) is 5.58. The smallest absolute Gasteiger partial charge is 0.306 e. The van der Waals surface area contributed by atoms with E-state index in [4.69, 9.17) is 5.11 Å². The van der Waals surface area contributed by atoms with Crippen LogP contribution in [0.3, 0.4) is 0 Å². The number of benzene rings is 1. The zero-order chi connectivity index (χ0) is 15.4. The number of carboxylic acid groups (broad SMARTS) is 1. The number of nitro groups is 1. The fourth-order valence-electron chi connectivity index (χ4n) is 3.06. The fourth-order valence-corrected chi connectivity index (χ4v) is 3.06. The molecule has 1 aliphatic carbocycles. The molecule has 1 aromatic carbocycles. The molecule has 2 rings (SSSR count). The van der Waals surface area contributed by atoms with Gasteiger partial charge in [0.15, 0.2) is 0 Å². The Labute approximate surface area is 123 Å². The molecule has 1 fully saturated rings. The summed E-state index contributed by atoms with van der Waals surface area (Å²) in [6.45, 7) is 2.44. The van der Waals surface area contributed by atoms with E-state index in [0.29, 0.717) is 12.1 Å². The van der Waals surface area contributed by atoms with Crippen LogP contribution in [-0.4, -0.2) is 22.5 Å². The van der Waals surface area contributed by atoms with Crippen LogP contribution in [0.4, 0.5) is 5.69 Å². The minimum atomic E-state index is -0.738. The minimum absolute atomic E-state index is 0.0960. The van der Waals surface area contributed by atoms with Crippen molar-refractivity contribution in [1.82, 2.24) is 5.32 Å². The number of nitro benzene ring substituents is 1. The van der Waals surface area contributed by atoms with Crippen LogP contribution < -0.4 is 5.32 Å². The van der Waals surface area contributed by atoms with Crippen LogP contribution in [0, 0.1) is 22.0 Å². The Morgan fingerprint density at radius 2 is 2.19 bits per heavy atom. The van der Waals surface area contributed by atoms with Crippen molar-refractivity contribution in [2.75, 3.05) is 6.54 Å². The van der Waals surface area contributed by atoms with Gasteiger partial charge in [0.2, 0.25) is 0 Å². The van der Waals surface area contributed by atoms with Gasteiger partial charge in [-0.05, 0) is 32.2 Å². The van der Waals surface area contributed by atoms with Crippen molar-refractivity contribution < 1.29 is 14.8 Å². The molecule has 114 valence electrons. The average molecular weight is 292 g/mol. The maximum atomic E-state index is 11.2. The summed E-state index contributed by atoms with van der Waals surface area (Å²) in [5.41, 5.74) is 0.728. The number of aliphatic carboxylic acids is 1. The van der Waals surface area contributed by atoms with Crippen LogP contribution in [0.2, 0.25) is 0 Å². The molecule has 3 atom stereocenters. The summed E-state index contributed by atoms with van der Waals surface area (Å²) in [6, 6.07) is 6.46. The molecule has 0 saturated heterocycles. The van der Waals surface area contributed by atoms with Crippen LogP contribution in [-0.2, 0) is 4.79 Å². The van der Waals surface area contributed by atoms with Crippen molar-refractivity contribution in [2.45, 2.75) is 32.2 Å². The van der Waals surface area contributed by atoms with Gasteiger partial charge in [-0.15, -0.1) is 0 Å². The Balaban J connectivity index is 2.01. The van der Waals surface area contributed by atoms with E-state index in [-0.39, 0.29) is 28.5 Å². The van der Waals surface area contributed by atoms with Gasteiger partial charge in [0.05, 0.1) is 10.8 Å². The van der Waals surface area contributed by atoms with Crippen LogP contribution in [0.1, 0.15) is 37.8 Å². The maximum absolute atomic E-state index is 11.2. The van der Waals surface area contributed by atoms with Crippen LogP contribution in [0.5, 0.6) is 0 Å². The molecule has 0 aromatic heterocycles. The molecular weight excluding hydrogens is 272 g/mol. The third-order valence-electron chi connectivity index (χ3n) is 4.26. The van der Waals surface area contributed by atoms with Crippen molar-refractivity contribution in [2.24, 2.45) is 11.8 Å². The van der Waals surface area contributed by atoms with Crippen LogP contribution in [0.15, 0.2) is 24.3 Å². The van der Waals surface area contributed by atoms with Gasteiger partial charge >= 0.3 is 5.97 Å². The number of rotatable bonds is 6. The van der Waals surface area contributed by atoms with E-state index in [2.05, 4.69) is 5.32 Å². The van der Waals surface area contributed by atoms with Crippen molar-refractivity contribution in [1.29, 1.82) is 0 Å². The number of hydrogen-bond donors (Lipinski definition) is 2. The standard InChI is InChI=1S/C15H20N2O4/c1-10(12-6-2-3-8-14(12)17(20)21)16-9-11-5-4-7-13(11)15(18)19/h2-3,6,8,10-11,13,16H,4-5,7,9H2,1H3,(H,18,19). The number of carboxylic acids is 1. The molecule has 0 bridgehead atoms. The summed E-state index contributed by atoms with van der Waals surface area (Å²) in [7, 11) is 0. The first kappa shape index (κ1) is 15.4. The predicted molar refractivity (Wildman–Crippen MR) is 78.0 cm³/mol. The van der Waals surface area contributed by atoms with E-state index in [1.54, 1.807) is 18.2 Å². The van der Waals surface area contributed by atoms with Gasteiger partial charge in [-0.2, -0.15) is 0 Å². The second kappa shape index (κ2) is 6.67. The van der Waals surface area contributed by atoms with Crippen molar-refractivity contribution >= 4 is 11.7 Å². The molecule has 0 radical (unpaired) electrons. The third-order valence-corrected chi connectivity index (χ3v) is 4.26. The van der Waals surface area contributed by atoms with E-state index in [1.165, 1.54) is 6.07 Å². The number of nitrogens with zero attached hydrogens (tertiary/aromatic N) is 1. The Morgan fingerprint density at radius 1 is 1.48 bits per heavy atom. The SMILES string of the molecule is CC(NCC1CCCC1C(=O)O)c1ccccc1[N+](=O)[O-]. The highest BCUT2D eigenvalue weighted by atomic mass is 16.6. The summed E-state index contributed by atoms with van der Waals surface area (Å²) in [5.74, 6) is -0.930. The molecule has 0 spiro atoms. The second-order valence-electron chi connectivity index (χ2n) is 5.58. The average Bonchev–Trinajstić information content (AvgIpc) is 2.93. The lowest BCUT2D eigenvalue weighted by molar-refractivity contribution is -0.385. The normalized spacial score (nSPS) is 22.9. The zero-order valence-electron chi connectivity index (χ0n) is 12.0. The van der Waals surface area contributed by atoms with E-state index in [0.717, 1.165) is 19.3 Å². The molecule has 6 nitrogen and oxygen atoms in total. The van der Waals surface area contributed by atoms with Gasteiger partial charge in [-0.3, -0.25) is 14.9 Å². The van der Waals surface area contributed by atoms with Gasteiger partial charge in [-0.25, -0.2) is 0 Å². The van der Waals surface area contributed by atoms with Crippen LogP contribution in [0.25, 0.3) is 0 Å². The highest BCUT2D eigenvalue weighted by Crippen LogP contribution is 2.32. The lowest BCUT2D eigenvalue weighted by atomic mass is 9.95. The molecule has 1 saturated carbocycles.